The highest BCUT2D eigenvalue weighted by atomic mass is 32.2. The average Bonchev–Trinajstić information content (AvgIpc) is 2.87. The first-order chi connectivity index (χ1) is 9.13. The summed E-state index contributed by atoms with van der Waals surface area (Å²) in [6, 6.07) is 4.13. The smallest absolute Gasteiger partial charge is 0.271 e. The van der Waals surface area contributed by atoms with Crippen molar-refractivity contribution in [3.63, 3.8) is 0 Å². The van der Waals surface area contributed by atoms with Gasteiger partial charge in [-0.25, -0.2) is 8.42 Å². The number of hydrogen-bond donors (Lipinski definition) is 2. The summed E-state index contributed by atoms with van der Waals surface area (Å²) >= 11 is 2.73. The minimum Gasteiger partial charge on any atom is -0.310 e. The Bertz CT molecular complexity index is 642. The molecule has 1 aliphatic carbocycles. The fourth-order valence-corrected chi connectivity index (χ4v) is 4.59. The molecule has 7 heteroatoms. The third-order valence-electron chi connectivity index (χ3n) is 2.84. The van der Waals surface area contributed by atoms with Gasteiger partial charge in [-0.3, -0.25) is 4.72 Å². The first-order valence-electron chi connectivity index (χ1n) is 5.99. The molecule has 0 unspecified atom stereocenters. The molecule has 0 atom stereocenters. The molecule has 4 nitrogen and oxygen atoms in total. The second kappa shape index (κ2) is 5.24. The Morgan fingerprint density at radius 3 is 2.84 bits per heavy atom. The van der Waals surface area contributed by atoms with Gasteiger partial charge in [-0.1, -0.05) is 0 Å². The largest absolute Gasteiger partial charge is 0.310 e. The molecule has 19 heavy (non-hydrogen) atoms. The van der Waals surface area contributed by atoms with Crippen LogP contribution in [0.1, 0.15) is 18.4 Å². The number of hydrogen-bond acceptors (Lipinski definition) is 5. The highest BCUT2D eigenvalue weighted by Crippen LogP contribution is 2.25. The van der Waals surface area contributed by atoms with Gasteiger partial charge < -0.3 is 5.32 Å². The molecule has 0 saturated heterocycles. The summed E-state index contributed by atoms with van der Waals surface area (Å²) in [7, 11) is -3.44. The van der Waals surface area contributed by atoms with Crippen LogP contribution in [0.25, 0.3) is 0 Å². The molecule has 3 rings (SSSR count). The van der Waals surface area contributed by atoms with Crippen molar-refractivity contribution in [3.05, 3.63) is 33.8 Å². The maximum Gasteiger partial charge on any atom is 0.271 e. The molecule has 0 amide bonds. The minimum absolute atomic E-state index is 0.367. The highest BCUT2D eigenvalue weighted by molar-refractivity contribution is 7.94. The summed E-state index contributed by atoms with van der Waals surface area (Å²) < 4.78 is 27.2. The Balaban J connectivity index is 1.69. The summed E-state index contributed by atoms with van der Waals surface area (Å²) in [5, 5.41) is 8.90. The molecule has 0 radical (unpaired) electrons. The van der Waals surface area contributed by atoms with E-state index in [0.717, 1.165) is 12.1 Å². The fourth-order valence-electron chi connectivity index (χ4n) is 1.66. The second-order valence-electron chi connectivity index (χ2n) is 4.55. The zero-order valence-corrected chi connectivity index (χ0v) is 12.6. The topological polar surface area (TPSA) is 58.2 Å². The third kappa shape index (κ3) is 3.36. The number of thiophene rings is 2. The Morgan fingerprint density at radius 1 is 1.32 bits per heavy atom. The van der Waals surface area contributed by atoms with Crippen LogP contribution in [0.3, 0.4) is 0 Å². The van der Waals surface area contributed by atoms with E-state index in [1.54, 1.807) is 17.5 Å². The molecule has 0 aromatic carbocycles. The lowest BCUT2D eigenvalue weighted by Crippen LogP contribution is -2.15. The van der Waals surface area contributed by atoms with Crippen molar-refractivity contribution in [2.45, 2.75) is 29.6 Å². The van der Waals surface area contributed by atoms with Crippen LogP contribution in [0, 0.1) is 0 Å². The van der Waals surface area contributed by atoms with Gasteiger partial charge in [0.25, 0.3) is 10.0 Å². The van der Waals surface area contributed by atoms with Crippen LogP contribution in [-0.2, 0) is 16.6 Å². The summed E-state index contributed by atoms with van der Waals surface area (Å²) in [6.07, 6.45) is 2.46. The van der Waals surface area contributed by atoms with Gasteiger partial charge in [-0.05, 0) is 41.3 Å². The third-order valence-corrected chi connectivity index (χ3v) is 6.39. The van der Waals surface area contributed by atoms with Gasteiger partial charge in [-0.2, -0.15) is 11.3 Å². The molecule has 1 fully saturated rings. The minimum atomic E-state index is -3.44. The van der Waals surface area contributed by atoms with E-state index in [-0.39, 0.29) is 0 Å². The molecule has 2 aromatic heterocycles. The van der Waals surface area contributed by atoms with Gasteiger partial charge >= 0.3 is 0 Å². The predicted molar refractivity (Wildman–Crippen MR) is 79.3 cm³/mol. The zero-order chi connectivity index (χ0) is 13.3. The lowest BCUT2D eigenvalue weighted by Gasteiger charge is -2.03. The molecule has 2 heterocycles. The quantitative estimate of drug-likeness (QED) is 0.862. The lowest BCUT2D eigenvalue weighted by molar-refractivity contribution is 0.603. The van der Waals surface area contributed by atoms with E-state index < -0.39 is 10.0 Å². The molecule has 0 aliphatic heterocycles. The van der Waals surface area contributed by atoms with Crippen LogP contribution in [0.2, 0.25) is 0 Å². The van der Waals surface area contributed by atoms with E-state index in [1.165, 1.54) is 35.5 Å². The Hall–Kier alpha value is -0.890. The van der Waals surface area contributed by atoms with Gasteiger partial charge in [0.15, 0.2) is 0 Å². The van der Waals surface area contributed by atoms with Gasteiger partial charge in [0.2, 0.25) is 0 Å². The molecule has 2 N–H and O–H groups in total. The standard InChI is InChI=1S/C12H14N2O2S3/c15-19(16,14-11-3-4-17-8-11)12-5-9(7-18-12)6-13-10-1-2-10/h3-5,7-8,10,13-14H,1-2,6H2. The number of rotatable bonds is 6. The lowest BCUT2D eigenvalue weighted by atomic mass is 10.3. The number of sulfonamides is 1. The van der Waals surface area contributed by atoms with Crippen molar-refractivity contribution in [1.29, 1.82) is 0 Å². The molecule has 102 valence electrons. The van der Waals surface area contributed by atoms with E-state index in [9.17, 15) is 8.42 Å². The van der Waals surface area contributed by atoms with Crippen LogP contribution >= 0.6 is 22.7 Å². The van der Waals surface area contributed by atoms with Crippen LogP contribution in [0.4, 0.5) is 5.69 Å². The van der Waals surface area contributed by atoms with Gasteiger partial charge in [0.05, 0.1) is 5.69 Å². The number of anilines is 1. The molecule has 2 aromatic rings. The summed E-state index contributed by atoms with van der Waals surface area (Å²) in [5.74, 6) is 0. The van der Waals surface area contributed by atoms with Crippen LogP contribution in [0.15, 0.2) is 32.5 Å². The molecular formula is C12H14N2O2S3. The molecule has 1 saturated carbocycles. The highest BCUT2D eigenvalue weighted by Gasteiger charge is 2.21. The first kappa shape index (κ1) is 13.1. The van der Waals surface area contributed by atoms with Crippen molar-refractivity contribution in [1.82, 2.24) is 5.32 Å². The Kier molecular flexibility index (Phi) is 3.62. The van der Waals surface area contributed by atoms with Crippen LogP contribution in [-0.4, -0.2) is 14.5 Å². The fraction of sp³-hybridized carbons (Fsp3) is 0.333. The predicted octanol–water partition coefficient (Wildman–Crippen LogP) is 2.86. The molecule has 0 spiro atoms. The average molecular weight is 314 g/mol. The maximum atomic E-state index is 12.1. The van der Waals surface area contributed by atoms with E-state index in [2.05, 4.69) is 10.0 Å². The SMILES string of the molecule is O=S(=O)(Nc1ccsc1)c1cc(CNC2CC2)cs1. The van der Waals surface area contributed by atoms with Crippen LogP contribution < -0.4 is 10.0 Å². The van der Waals surface area contributed by atoms with Crippen molar-refractivity contribution in [3.8, 4) is 0 Å². The van der Waals surface area contributed by atoms with Gasteiger partial charge in [0, 0.05) is 18.0 Å². The summed E-state index contributed by atoms with van der Waals surface area (Å²) in [6.45, 7) is 0.745. The van der Waals surface area contributed by atoms with Crippen molar-refractivity contribution < 1.29 is 8.42 Å². The Labute approximate surface area is 120 Å². The first-order valence-corrected chi connectivity index (χ1v) is 9.30. The molecule has 1 aliphatic rings. The van der Waals surface area contributed by atoms with Gasteiger partial charge in [-0.15, -0.1) is 11.3 Å². The van der Waals surface area contributed by atoms with Crippen molar-refractivity contribution in [2.24, 2.45) is 0 Å². The normalized spacial score (nSPS) is 15.6. The zero-order valence-electron chi connectivity index (χ0n) is 10.1. The number of nitrogens with one attached hydrogen (secondary N) is 2. The summed E-state index contributed by atoms with van der Waals surface area (Å²) in [4.78, 5) is 0. The van der Waals surface area contributed by atoms with E-state index in [1.807, 2.05) is 10.8 Å². The monoisotopic (exact) mass is 314 g/mol. The van der Waals surface area contributed by atoms with Crippen LogP contribution in [0.5, 0.6) is 0 Å². The van der Waals surface area contributed by atoms with Gasteiger partial charge in [0.1, 0.15) is 4.21 Å². The second-order valence-corrected chi connectivity index (χ2v) is 8.15. The summed E-state index contributed by atoms with van der Waals surface area (Å²) in [5.41, 5.74) is 1.65. The maximum absolute atomic E-state index is 12.1. The molecular weight excluding hydrogens is 300 g/mol. The Morgan fingerprint density at radius 2 is 2.16 bits per heavy atom. The van der Waals surface area contributed by atoms with Crippen molar-refractivity contribution in [2.75, 3.05) is 4.72 Å². The van der Waals surface area contributed by atoms with E-state index in [4.69, 9.17) is 0 Å². The van der Waals surface area contributed by atoms with Crippen molar-refractivity contribution >= 4 is 38.4 Å². The van der Waals surface area contributed by atoms with E-state index >= 15 is 0 Å². The van der Waals surface area contributed by atoms with E-state index in [0.29, 0.717) is 15.9 Å². The molecule has 0 bridgehead atoms.